The average molecular weight is 395 g/mol. The van der Waals surface area contributed by atoms with Crippen molar-refractivity contribution in [3.63, 3.8) is 0 Å². The third kappa shape index (κ3) is 5.48. The van der Waals surface area contributed by atoms with Gasteiger partial charge in [0.1, 0.15) is 12.4 Å². The van der Waals surface area contributed by atoms with Crippen LogP contribution in [0.4, 0.5) is 15.8 Å². The van der Waals surface area contributed by atoms with Crippen molar-refractivity contribution < 1.29 is 22.5 Å². The van der Waals surface area contributed by atoms with Crippen molar-refractivity contribution in [2.24, 2.45) is 0 Å². The van der Waals surface area contributed by atoms with Gasteiger partial charge in [-0.3, -0.25) is 19.2 Å². The lowest BCUT2D eigenvalue weighted by molar-refractivity contribution is -0.384. The van der Waals surface area contributed by atoms with Gasteiger partial charge >= 0.3 is 0 Å². The van der Waals surface area contributed by atoms with Crippen LogP contribution in [0.1, 0.15) is 18.5 Å². The first-order chi connectivity index (χ1) is 12.6. The molecule has 0 aromatic heterocycles. The Morgan fingerprint density at radius 2 is 1.89 bits per heavy atom. The molecule has 0 spiro atoms. The molecule has 144 valence electrons. The number of non-ortho nitro benzene ring substituents is 1. The molecule has 0 saturated heterocycles. The average Bonchev–Trinajstić information content (AvgIpc) is 2.59. The molecular weight excluding hydrogens is 377 g/mol. The van der Waals surface area contributed by atoms with Crippen molar-refractivity contribution in [2.75, 3.05) is 17.1 Å². The molecule has 27 heavy (non-hydrogen) atoms. The fourth-order valence-corrected chi connectivity index (χ4v) is 3.26. The van der Waals surface area contributed by atoms with E-state index in [2.05, 4.69) is 5.32 Å². The number of anilines is 1. The quantitative estimate of drug-likeness (QED) is 0.572. The number of rotatable bonds is 7. The van der Waals surface area contributed by atoms with Crippen LogP contribution in [-0.2, 0) is 14.8 Å². The minimum Gasteiger partial charge on any atom is -0.348 e. The number of sulfonamides is 1. The Morgan fingerprint density at radius 3 is 2.44 bits per heavy atom. The highest BCUT2D eigenvalue weighted by Gasteiger charge is 2.23. The molecule has 0 bridgehead atoms. The zero-order valence-electron chi connectivity index (χ0n) is 14.6. The fourth-order valence-electron chi connectivity index (χ4n) is 2.41. The Bertz CT molecular complexity index is 947. The Balaban J connectivity index is 2.19. The maximum absolute atomic E-state index is 13.0. The zero-order chi connectivity index (χ0) is 20.2. The summed E-state index contributed by atoms with van der Waals surface area (Å²) in [5.41, 5.74) is 0.364. The maximum atomic E-state index is 13.0. The molecule has 0 unspecified atom stereocenters. The maximum Gasteiger partial charge on any atom is 0.271 e. The van der Waals surface area contributed by atoms with E-state index in [4.69, 9.17) is 0 Å². The van der Waals surface area contributed by atoms with E-state index in [0.717, 1.165) is 16.6 Å². The Morgan fingerprint density at radius 1 is 1.26 bits per heavy atom. The lowest BCUT2D eigenvalue weighted by Gasteiger charge is -2.23. The van der Waals surface area contributed by atoms with Gasteiger partial charge in [-0.25, -0.2) is 12.8 Å². The normalized spacial score (nSPS) is 12.3. The minimum atomic E-state index is -3.86. The first kappa shape index (κ1) is 20.3. The highest BCUT2D eigenvalue weighted by atomic mass is 32.2. The molecule has 2 aromatic carbocycles. The van der Waals surface area contributed by atoms with Gasteiger partial charge in [0.15, 0.2) is 0 Å². The molecule has 1 atom stereocenters. The van der Waals surface area contributed by atoms with E-state index in [-0.39, 0.29) is 11.4 Å². The summed E-state index contributed by atoms with van der Waals surface area (Å²) in [4.78, 5) is 22.6. The molecule has 0 aliphatic heterocycles. The Kier molecular flexibility index (Phi) is 6.11. The summed E-state index contributed by atoms with van der Waals surface area (Å²) >= 11 is 0. The molecule has 0 fully saturated rings. The number of amides is 1. The molecule has 10 heteroatoms. The molecule has 0 aliphatic carbocycles. The number of nitrogens with zero attached hydrogens (tertiary/aromatic N) is 2. The first-order valence-corrected chi connectivity index (χ1v) is 9.70. The van der Waals surface area contributed by atoms with E-state index in [1.807, 2.05) is 0 Å². The number of nitro groups is 1. The molecule has 2 rings (SSSR count). The second-order valence-corrected chi connectivity index (χ2v) is 7.79. The van der Waals surface area contributed by atoms with Crippen LogP contribution in [0, 0.1) is 15.9 Å². The lowest BCUT2D eigenvalue weighted by atomic mass is 10.1. The number of hydrogen-bond donors (Lipinski definition) is 1. The summed E-state index contributed by atoms with van der Waals surface area (Å²) in [7, 11) is -3.86. The van der Waals surface area contributed by atoms with Gasteiger partial charge in [0.25, 0.3) is 5.69 Å². The Hall–Kier alpha value is -3.01. The number of nitrogens with one attached hydrogen (secondary N) is 1. The SMILES string of the molecule is C[C@@H](NC(=O)CN(c1cccc([N+](=O)[O-])c1)S(C)(=O)=O)c1ccc(F)cc1. The van der Waals surface area contributed by atoms with Crippen molar-refractivity contribution in [3.8, 4) is 0 Å². The van der Waals surface area contributed by atoms with Crippen LogP contribution in [0.25, 0.3) is 0 Å². The van der Waals surface area contributed by atoms with Gasteiger partial charge in [0.2, 0.25) is 15.9 Å². The van der Waals surface area contributed by atoms with Crippen LogP contribution in [0.2, 0.25) is 0 Å². The van der Waals surface area contributed by atoms with Gasteiger partial charge in [-0.2, -0.15) is 0 Å². The predicted molar refractivity (Wildman–Crippen MR) is 98.2 cm³/mol. The third-order valence-corrected chi connectivity index (χ3v) is 4.90. The van der Waals surface area contributed by atoms with Crippen molar-refractivity contribution >= 4 is 27.3 Å². The molecule has 1 amide bonds. The van der Waals surface area contributed by atoms with Gasteiger partial charge in [-0.05, 0) is 30.7 Å². The minimum absolute atomic E-state index is 0.0104. The first-order valence-electron chi connectivity index (χ1n) is 7.85. The molecule has 8 nitrogen and oxygen atoms in total. The lowest BCUT2D eigenvalue weighted by Crippen LogP contribution is -2.41. The van der Waals surface area contributed by atoms with E-state index in [0.29, 0.717) is 5.56 Å². The number of halogens is 1. The van der Waals surface area contributed by atoms with E-state index in [1.165, 1.54) is 42.5 Å². The molecular formula is C17H18FN3O5S. The predicted octanol–water partition coefficient (Wildman–Crippen LogP) is 2.38. The van der Waals surface area contributed by atoms with Gasteiger partial charge in [-0.15, -0.1) is 0 Å². The van der Waals surface area contributed by atoms with Crippen molar-refractivity contribution in [2.45, 2.75) is 13.0 Å². The van der Waals surface area contributed by atoms with Crippen molar-refractivity contribution in [3.05, 3.63) is 70.0 Å². The van der Waals surface area contributed by atoms with Gasteiger partial charge in [0.05, 0.1) is 22.9 Å². The molecule has 2 aromatic rings. The summed E-state index contributed by atoms with van der Waals surface area (Å²) in [5.74, 6) is -1.02. The highest BCUT2D eigenvalue weighted by Crippen LogP contribution is 2.23. The third-order valence-electron chi connectivity index (χ3n) is 3.76. The summed E-state index contributed by atoms with van der Waals surface area (Å²) in [5, 5.41) is 13.5. The monoisotopic (exact) mass is 395 g/mol. The van der Waals surface area contributed by atoms with Crippen molar-refractivity contribution in [1.29, 1.82) is 0 Å². The largest absolute Gasteiger partial charge is 0.348 e. The summed E-state index contributed by atoms with van der Waals surface area (Å²) in [6.45, 7) is 1.12. The van der Waals surface area contributed by atoms with Crippen LogP contribution in [0.5, 0.6) is 0 Å². The second kappa shape index (κ2) is 8.12. The summed E-state index contributed by atoms with van der Waals surface area (Å²) < 4.78 is 37.9. The van der Waals surface area contributed by atoms with E-state index in [9.17, 15) is 27.7 Å². The Labute approximate surface area is 155 Å². The van der Waals surface area contributed by atoms with Gasteiger partial charge in [0, 0.05) is 12.1 Å². The zero-order valence-corrected chi connectivity index (χ0v) is 15.4. The summed E-state index contributed by atoms with van der Waals surface area (Å²) in [6.07, 6.45) is 0.905. The number of nitro benzene ring substituents is 1. The number of carbonyl (C=O) groups is 1. The topological polar surface area (TPSA) is 110 Å². The van der Waals surface area contributed by atoms with Gasteiger partial charge in [-0.1, -0.05) is 18.2 Å². The second-order valence-electron chi connectivity index (χ2n) is 5.89. The van der Waals surface area contributed by atoms with Gasteiger partial charge < -0.3 is 5.32 Å². The van der Waals surface area contributed by atoms with Crippen LogP contribution in [0.15, 0.2) is 48.5 Å². The van der Waals surface area contributed by atoms with Crippen LogP contribution < -0.4 is 9.62 Å². The van der Waals surface area contributed by atoms with E-state index in [1.54, 1.807) is 6.92 Å². The van der Waals surface area contributed by atoms with E-state index >= 15 is 0 Å². The number of hydrogen-bond acceptors (Lipinski definition) is 5. The van der Waals surface area contributed by atoms with Crippen LogP contribution in [-0.4, -0.2) is 32.0 Å². The number of benzene rings is 2. The number of carbonyl (C=O) groups excluding carboxylic acids is 1. The van der Waals surface area contributed by atoms with E-state index < -0.39 is 39.3 Å². The van der Waals surface area contributed by atoms with Crippen LogP contribution >= 0.6 is 0 Å². The van der Waals surface area contributed by atoms with Crippen molar-refractivity contribution in [1.82, 2.24) is 5.32 Å². The molecule has 1 N–H and O–H groups in total. The molecule has 0 heterocycles. The molecule has 0 radical (unpaired) electrons. The fraction of sp³-hybridized carbons (Fsp3) is 0.235. The molecule has 0 saturated carbocycles. The molecule has 0 aliphatic rings. The highest BCUT2D eigenvalue weighted by molar-refractivity contribution is 7.92. The smallest absolute Gasteiger partial charge is 0.271 e. The summed E-state index contributed by atoms with van der Waals surface area (Å²) in [6, 6.07) is 10.1. The standard InChI is InChI=1S/C17H18FN3O5S/c1-12(13-6-8-14(18)9-7-13)19-17(22)11-20(27(2,25)26)15-4-3-5-16(10-15)21(23)24/h3-10,12H,11H2,1-2H3,(H,19,22)/t12-/m1/s1. The van der Waals surface area contributed by atoms with Crippen LogP contribution in [0.3, 0.4) is 0 Å².